The summed E-state index contributed by atoms with van der Waals surface area (Å²) in [7, 11) is 1.97. The van der Waals surface area contributed by atoms with E-state index in [1.165, 1.54) is 6.04 Å². The second-order valence-corrected chi connectivity index (χ2v) is 1.50. The van der Waals surface area contributed by atoms with Crippen LogP contribution in [0.3, 0.4) is 0 Å². The Morgan fingerprint density at radius 2 is 1.75 bits per heavy atom. The van der Waals surface area contributed by atoms with Crippen molar-refractivity contribution < 1.29 is 0 Å². The van der Waals surface area contributed by atoms with Gasteiger partial charge in [0.05, 0.1) is 0 Å². The molecule has 0 aromatic carbocycles. The van der Waals surface area contributed by atoms with Crippen LogP contribution in [0.5, 0.6) is 0 Å². The Morgan fingerprint density at radius 1 is 1.75 bits per heavy atom. The van der Waals surface area contributed by atoms with Crippen LogP contribution >= 0.6 is 0 Å². The molecule has 23 valence electrons. The Morgan fingerprint density at radius 3 is 1.75 bits per heavy atom. The quantitative estimate of drug-likeness (QED) is 0.396. The summed E-state index contributed by atoms with van der Waals surface area (Å²) in [5, 5.41) is 0. The Bertz CT molecular complexity index is 6.00. The van der Waals surface area contributed by atoms with E-state index in [2.05, 4.69) is 6.92 Å². The summed E-state index contributed by atoms with van der Waals surface area (Å²) >= 11 is 0. The molecule has 0 aliphatic rings. The van der Waals surface area contributed by atoms with Gasteiger partial charge in [-0.2, -0.15) is 0 Å². The van der Waals surface area contributed by atoms with Crippen molar-refractivity contribution in [2.75, 3.05) is 0 Å². The summed E-state index contributed by atoms with van der Waals surface area (Å²) in [6.45, 7) is 2.14. The second kappa shape index (κ2) is 9.25. The molecular formula is C2H7GeSi. The Hall–Kier alpha value is 0.760. The van der Waals surface area contributed by atoms with Crippen molar-refractivity contribution >= 4 is 27.8 Å². The van der Waals surface area contributed by atoms with E-state index in [0.29, 0.717) is 0 Å². The topological polar surface area (TPSA) is 0 Å². The van der Waals surface area contributed by atoms with E-state index in [1.54, 1.807) is 0 Å². The maximum Gasteiger partial charge on any atom is 0.00761 e. The summed E-state index contributed by atoms with van der Waals surface area (Å²) in [4.78, 5) is 0. The Balaban J connectivity index is 0. The van der Waals surface area contributed by atoms with E-state index < -0.39 is 0 Å². The summed E-state index contributed by atoms with van der Waals surface area (Å²) in [5.41, 5.74) is 0. The zero-order valence-electron chi connectivity index (χ0n) is 2.91. The van der Waals surface area contributed by atoms with Gasteiger partial charge in [-0.05, 0) is 0 Å². The minimum atomic E-state index is 0. The van der Waals surface area contributed by atoms with Gasteiger partial charge in [-0.15, -0.1) is 0 Å². The molecule has 0 bridgehead atoms. The first-order chi connectivity index (χ1) is 1.41. The third-order valence-corrected chi connectivity index (χ3v) is 0. The number of hydrogen-bond acceptors (Lipinski definition) is 0. The van der Waals surface area contributed by atoms with Gasteiger partial charge in [0.15, 0.2) is 0 Å². The molecule has 0 aromatic heterocycles. The third-order valence-electron chi connectivity index (χ3n) is 0. The van der Waals surface area contributed by atoms with E-state index in [4.69, 9.17) is 0 Å². The van der Waals surface area contributed by atoms with E-state index >= 15 is 0 Å². The third kappa shape index (κ3) is 14.8. The molecule has 0 atom stereocenters. The minimum Gasteiger partial charge on any atom is -0.0685 e. The van der Waals surface area contributed by atoms with E-state index in [9.17, 15) is 0 Å². The van der Waals surface area contributed by atoms with Crippen molar-refractivity contribution in [3.05, 3.63) is 0 Å². The van der Waals surface area contributed by atoms with Gasteiger partial charge in [0.1, 0.15) is 0 Å². The summed E-state index contributed by atoms with van der Waals surface area (Å²) < 4.78 is 0. The molecule has 0 aliphatic carbocycles. The maximum atomic E-state index is 2.14. The molecule has 0 heterocycles. The van der Waals surface area contributed by atoms with Crippen LogP contribution in [0.25, 0.3) is 0 Å². The molecular weight excluding hydrogens is 125 g/mol. The van der Waals surface area contributed by atoms with Gasteiger partial charge in [-0.1, -0.05) is 13.0 Å². The average Bonchev–Trinajstić information content (AvgIpc) is 0.918. The average molecular weight is 132 g/mol. The van der Waals surface area contributed by atoms with Crippen molar-refractivity contribution in [3.63, 3.8) is 0 Å². The van der Waals surface area contributed by atoms with Gasteiger partial charge in [0, 0.05) is 27.8 Å². The van der Waals surface area contributed by atoms with Crippen molar-refractivity contribution in [3.8, 4) is 0 Å². The number of rotatable bonds is 0. The summed E-state index contributed by atoms with van der Waals surface area (Å²) in [5.74, 6) is 0. The van der Waals surface area contributed by atoms with Gasteiger partial charge in [0.25, 0.3) is 0 Å². The number of hydrogen-bond donors (Lipinski definition) is 0. The summed E-state index contributed by atoms with van der Waals surface area (Å²) in [6, 6.07) is 1.28. The van der Waals surface area contributed by atoms with E-state index in [0.717, 1.165) is 0 Å². The zero-order valence-corrected chi connectivity index (χ0v) is 6.43. The molecule has 5 radical (unpaired) electrons. The monoisotopic (exact) mass is 133 g/mol. The zero-order chi connectivity index (χ0) is 2.71. The molecule has 0 saturated carbocycles. The van der Waals surface area contributed by atoms with Gasteiger partial charge in [0.2, 0.25) is 0 Å². The molecule has 0 saturated heterocycles. The molecule has 4 heavy (non-hydrogen) atoms. The first kappa shape index (κ1) is 8.83. The Kier molecular flexibility index (Phi) is 20.4. The van der Waals surface area contributed by atoms with Crippen LogP contribution in [0.2, 0.25) is 6.04 Å². The normalized spacial score (nSPS) is 4.50. The van der Waals surface area contributed by atoms with E-state index in [1.807, 2.05) is 10.2 Å². The molecule has 0 rings (SSSR count). The van der Waals surface area contributed by atoms with E-state index in [-0.39, 0.29) is 17.6 Å². The molecule has 0 N–H and O–H groups in total. The van der Waals surface area contributed by atoms with Crippen LogP contribution in [-0.4, -0.2) is 27.8 Å². The summed E-state index contributed by atoms with van der Waals surface area (Å²) in [6.07, 6.45) is 0. The van der Waals surface area contributed by atoms with Crippen LogP contribution < -0.4 is 0 Å². The van der Waals surface area contributed by atoms with Gasteiger partial charge in [-0.25, -0.2) is 0 Å². The standard InChI is InChI=1S/C2H7Si.Ge/c1-2-3;/h2-3H2,1H3;. The van der Waals surface area contributed by atoms with Crippen molar-refractivity contribution in [1.29, 1.82) is 0 Å². The van der Waals surface area contributed by atoms with Gasteiger partial charge in [-0.3, -0.25) is 0 Å². The molecule has 0 amide bonds. The smallest absolute Gasteiger partial charge is 0.00761 e. The minimum absolute atomic E-state index is 0. The van der Waals surface area contributed by atoms with Crippen LogP contribution in [0.1, 0.15) is 6.92 Å². The fourth-order valence-corrected chi connectivity index (χ4v) is 0. The molecule has 0 nitrogen and oxygen atoms in total. The van der Waals surface area contributed by atoms with Crippen molar-refractivity contribution in [1.82, 2.24) is 0 Å². The first-order valence-corrected chi connectivity index (χ1v) is 2.21. The predicted molar refractivity (Wildman–Crippen MR) is 24.8 cm³/mol. The van der Waals surface area contributed by atoms with Crippen molar-refractivity contribution in [2.24, 2.45) is 0 Å². The van der Waals surface area contributed by atoms with Gasteiger partial charge < -0.3 is 0 Å². The molecule has 0 unspecified atom stereocenters. The van der Waals surface area contributed by atoms with Crippen LogP contribution in [0, 0.1) is 0 Å². The van der Waals surface area contributed by atoms with Crippen LogP contribution in [0.15, 0.2) is 0 Å². The van der Waals surface area contributed by atoms with Gasteiger partial charge >= 0.3 is 0 Å². The predicted octanol–water partition coefficient (Wildman–Crippen LogP) is -0.323. The largest absolute Gasteiger partial charge is 0.0685 e. The second-order valence-electron chi connectivity index (χ2n) is 0.500. The first-order valence-electron chi connectivity index (χ1n) is 1.21. The van der Waals surface area contributed by atoms with Crippen LogP contribution in [0.4, 0.5) is 0 Å². The molecule has 0 spiro atoms. The molecule has 0 fully saturated rings. The fraction of sp³-hybridized carbons (Fsp3) is 1.00. The SMILES string of the molecule is CC[SiH2].[Ge]. The molecule has 2 heteroatoms. The molecule has 0 aromatic rings. The Labute approximate surface area is 41.4 Å². The molecule has 0 aliphatic heterocycles. The maximum absolute atomic E-state index is 2.14. The van der Waals surface area contributed by atoms with Crippen LogP contribution in [-0.2, 0) is 0 Å². The fourth-order valence-electron chi connectivity index (χ4n) is 0. The van der Waals surface area contributed by atoms with Crippen molar-refractivity contribution in [2.45, 2.75) is 13.0 Å².